The van der Waals surface area contributed by atoms with E-state index < -0.39 is 6.04 Å². The molecule has 100 valence electrons. The highest BCUT2D eigenvalue weighted by molar-refractivity contribution is 6.28. The monoisotopic (exact) mass is 273 g/mol. The maximum atomic E-state index is 11.7. The average molecular weight is 274 g/mol. The first-order valence-corrected chi connectivity index (χ1v) is 5.73. The van der Waals surface area contributed by atoms with E-state index in [4.69, 9.17) is 22.1 Å². The van der Waals surface area contributed by atoms with Crippen LogP contribution in [-0.4, -0.2) is 42.2 Å². The number of anilines is 2. The molecule has 7 nitrogen and oxygen atoms in total. The largest absolute Gasteiger partial charge is 0.394 e. The Bertz CT molecular complexity index is 415. The number of halogens is 1. The number of hydrogen-bond donors (Lipinski definition) is 3. The molecule has 1 amide bonds. The summed E-state index contributed by atoms with van der Waals surface area (Å²) in [6, 6.07) is -0.491. The molecule has 0 aliphatic rings. The number of carbonyl (C=O) groups excluding carboxylic acids is 1. The molecule has 0 bridgehead atoms. The number of hydrogen-bond acceptors (Lipinski definition) is 6. The molecular weight excluding hydrogens is 258 g/mol. The van der Waals surface area contributed by atoms with Crippen molar-refractivity contribution in [2.45, 2.75) is 13.0 Å². The highest BCUT2D eigenvalue weighted by Crippen LogP contribution is 2.16. The summed E-state index contributed by atoms with van der Waals surface area (Å²) in [6.07, 6.45) is 1.38. The van der Waals surface area contributed by atoms with Gasteiger partial charge in [-0.1, -0.05) is 0 Å². The second kappa shape index (κ2) is 6.97. The maximum absolute atomic E-state index is 11.7. The summed E-state index contributed by atoms with van der Waals surface area (Å²) >= 11 is 5.65. The molecule has 1 rings (SSSR count). The molecule has 0 spiro atoms. The Hall–Kier alpha value is -1.60. The number of nitrogens with zero attached hydrogens (tertiary/aromatic N) is 2. The highest BCUT2D eigenvalue weighted by atomic mass is 35.5. The van der Waals surface area contributed by atoms with Crippen LogP contribution in [-0.2, 0) is 9.53 Å². The predicted octanol–water partition coefficient (Wildman–Crippen LogP) is 0.275. The predicted molar refractivity (Wildman–Crippen MR) is 69.4 cm³/mol. The first-order valence-electron chi connectivity index (χ1n) is 5.35. The Labute approximate surface area is 110 Å². The summed E-state index contributed by atoms with van der Waals surface area (Å²) < 4.78 is 4.83. The van der Waals surface area contributed by atoms with Crippen LogP contribution in [0.3, 0.4) is 0 Å². The van der Waals surface area contributed by atoms with Crippen molar-refractivity contribution in [2.75, 3.05) is 31.3 Å². The van der Waals surface area contributed by atoms with Crippen molar-refractivity contribution >= 4 is 29.0 Å². The zero-order valence-corrected chi connectivity index (χ0v) is 11.0. The van der Waals surface area contributed by atoms with E-state index >= 15 is 0 Å². The SMILES string of the molecule is COCCNC(=O)C(C)Nc1nc(Cl)ncc1N. The van der Waals surface area contributed by atoms with Gasteiger partial charge in [0.1, 0.15) is 6.04 Å². The molecule has 0 saturated heterocycles. The van der Waals surface area contributed by atoms with Crippen LogP contribution >= 0.6 is 11.6 Å². The molecule has 0 saturated carbocycles. The number of nitrogens with one attached hydrogen (secondary N) is 2. The Morgan fingerprint density at radius 2 is 2.39 bits per heavy atom. The molecule has 18 heavy (non-hydrogen) atoms. The van der Waals surface area contributed by atoms with Crippen molar-refractivity contribution < 1.29 is 9.53 Å². The Balaban J connectivity index is 2.55. The number of ether oxygens (including phenoxy) is 1. The third-order valence-corrected chi connectivity index (χ3v) is 2.32. The van der Waals surface area contributed by atoms with E-state index in [0.29, 0.717) is 24.7 Å². The maximum Gasteiger partial charge on any atom is 0.242 e. The van der Waals surface area contributed by atoms with Crippen LogP contribution in [0.4, 0.5) is 11.5 Å². The quantitative estimate of drug-likeness (QED) is 0.508. The number of methoxy groups -OCH3 is 1. The summed E-state index contributed by atoms with van der Waals surface area (Å²) in [6.45, 7) is 2.60. The van der Waals surface area contributed by atoms with Gasteiger partial charge in [0, 0.05) is 13.7 Å². The minimum Gasteiger partial charge on any atom is -0.394 e. The van der Waals surface area contributed by atoms with Crippen molar-refractivity contribution in [1.29, 1.82) is 0 Å². The molecule has 1 aromatic heterocycles. The minimum absolute atomic E-state index is 0.0682. The summed E-state index contributed by atoms with van der Waals surface area (Å²) in [5, 5.41) is 5.63. The molecule has 8 heteroatoms. The summed E-state index contributed by atoms with van der Waals surface area (Å²) in [7, 11) is 1.57. The number of aromatic nitrogens is 2. The van der Waals surface area contributed by atoms with Crippen LogP contribution in [0.15, 0.2) is 6.20 Å². The summed E-state index contributed by atoms with van der Waals surface area (Å²) in [5.74, 6) is 0.158. The Kier molecular flexibility index (Phi) is 5.60. The fourth-order valence-corrected chi connectivity index (χ4v) is 1.32. The second-order valence-corrected chi connectivity index (χ2v) is 3.93. The standard InChI is InChI=1S/C10H16ClN5O2/c1-6(9(17)13-3-4-18-2)15-8-7(12)5-14-10(11)16-8/h5-6H,3-4,12H2,1-2H3,(H,13,17)(H,14,15,16). The van der Waals surface area contributed by atoms with E-state index in [2.05, 4.69) is 20.6 Å². The number of rotatable bonds is 6. The fraction of sp³-hybridized carbons (Fsp3) is 0.500. The third kappa shape index (κ3) is 4.34. The third-order valence-electron chi connectivity index (χ3n) is 2.14. The Morgan fingerprint density at radius 1 is 1.67 bits per heavy atom. The zero-order valence-electron chi connectivity index (χ0n) is 10.2. The topological polar surface area (TPSA) is 102 Å². The number of nitrogens with two attached hydrogens (primary N) is 1. The number of amides is 1. The van der Waals surface area contributed by atoms with Crippen molar-refractivity contribution in [1.82, 2.24) is 15.3 Å². The van der Waals surface area contributed by atoms with Crippen molar-refractivity contribution in [3.05, 3.63) is 11.5 Å². The average Bonchev–Trinajstić information content (AvgIpc) is 2.34. The van der Waals surface area contributed by atoms with E-state index in [0.717, 1.165) is 0 Å². The lowest BCUT2D eigenvalue weighted by Crippen LogP contribution is -2.39. The van der Waals surface area contributed by atoms with E-state index in [1.165, 1.54) is 6.20 Å². The lowest BCUT2D eigenvalue weighted by molar-refractivity contribution is -0.121. The lowest BCUT2D eigenvalue weighted by atomic mass is 10.3. The second-order valence-electron chi connectivity index (χ2n) is 3.59. The van der Waals surface area contributed by atoms with E-state index in [1.54, 1.807) is 14.0 Å². The Morgan fingerprint density at radius 3 is 3.06 bits per heavy atom. The van der Waals surface area contributed by atoms with Gasteiger partial charge in [0.05, 0.1) is 18.5 Å². The molecule has 0 aliphatic heterocycles. The first-order chi connectivity index (χ1) is 8.54. The van der Waals surface area contributed by atoms with Crippen LogP contribution in [0.5, 0.6) is 0 Å². The zero-order chi connectivity index (χ0) is 13.5. The van der Waals surface area contributed by atoms with Gasteiger partial charge >= 0.3 is 0 Å². The molecule has 1 unspecified atom stereocenters. The minimum atomic E-state index is -0.491. The van der Waals surface area contributed by atoms with Crippen LogP contribution in [0.1, 0.15) is 6.92 Å². The molecule has 0 radical (unpaired) electrons. The molecular formula is C10H16ClN5O2. The fourth-order valence-electron chi connectivity index (χ4n) is 1.19. The van der Waals surface area contributed by atoms with E-state index in [-0.39, 0.29) is 11.2 Å². The molecule has 1 heterocycles. The van der Waals surface area contributed by atoms with E-state index in [9.17, 15) is 4.79 Å². The molecule has 1 atom stereocenters. The highest BCUT2D eigenvalue weighted by Gasteiger charge is 2.14. The summed E-state index contributed by atoms with van der Waals surface area (Å²) in [5.41, 5.74) is 5.99. The van der Waals surface area contributed by atoms with Crippen molar-refractivity contribution in [3.63, 3.8) is 0 Å². The van der Waals surface area contributed by atoms with Gasteiger partial charge in [0.2, 0.25) is 11.2 Å². The smallest absolute Gasteiger partial charge is 0.242 e. The first kappa shape index (κ1) is 14.5. The molecule has 1 aromatic rings. The van der Waals surface area contributed by atoms with Gasteiger partial charge in [0.15, 0.2) is 5.82 Å². The van der Waals surface area contributed by atoms with Gasteiger partial charge in [0.25, 0.3) is 0 Å². The normalized spacial score (nSPS) is 11.9. The van der Waals surface area contributed by atoms with E-state index in [1.807, 2.05) is 0 Å². The lowest BCUT2D eigenvalue weighted by Gasteiger charge is -2.15. The van der Waals surface area contributed by atoms with Gasteiger partial charge in [-0.05, 0) is 18.5 Å². The number of nitrogen functional groups attached to an aromatic ring is 1. The van der Waals surface area contributed by atoms with Gasteiger partial charge < -0.3 is 21.1 Å². The van der Waals surface area contributed by atoms with Crippen molar-refractivity contribution in [3.8, 4) is 0 Å². The van der Waals surface area contributed by atoms with Gasteiger partial charge in [-0.2, -0.15) is 4.98 Å². The van der Waals surface area contributed by atoms with Crippen LogP contribution in [0, 0.1) is 0 Å². The molecule has 4 N–H and O–H groups in total. The van der Waals surface area contributed by atoms with Gasteiger partial charge in [-0.25, -0.2) is 4.98 Å². The number of carbonyl (C=O) groups is 1. The summed E-state index contributed by atoms with van der Waals surface area (Å²) in [4.78, 5) is 19.3. The van der Waals surface area contributed by atoms with Crippen LogP contribution < -0.4 is 16.4 Å². The van der Waals surface area contributed by atoms with Crippen LogP contribution in [0.2, 0.25) is 5.28 Å². The molecule has 0 aromatic carbocycles. The van der Waals surface area contributed by atoms with Crippen LogP contribution in [0.25, 0.3) is 0 Å². The van der Waals surface area contributed by atoms with Crippen molar-refractivity contribution in [2.24, 2.45) is 0 Å². The molecule has 0 fully saturated rings. The van der Waals surface area contributed by atoms with Gasteiger partial charge in [-0.3, -0.25) is 4.79 Å². The molecule has 0 aliphatic carbocycles. The van der Waals surface area contributed by atoms with Gasteiger partial charge in [-0.15, -0.1) is 0 Å².